The predicted octanol–water partition coefficient (Wildman–Crippen LogP) is 8.57. The second kappa shape index (κ2) is 9.45. The highest BCUT2D eigenvalue weighted by atomic mass is 16.5. The SMILES string of the molecule is CC(=O)O[C@@H]1CC[C@]2(C)C3=C(CC[C@@H]2C1(C)C)[C@]1(C)CC[C@H]([C@@H](C)CC/C(=N\O)C(C)C)[C@@]1(C)CC3. The van der Waals surface area contributed by atoms with E-state index in [4.69, 9.17) is 4.74 Å². The Morgan fingerprint density at radius 1 is 1.00 bits per heavy atom. The van der Waals surface area contributed by atoms with E-state index in [9.17, 15) is 10.0 Å². The summed E-state index contributed by atoms with van der Waals surface area (Å²) in [6, 6.07) is 0. The number of rotatable bonds is 6. The Morgan fingerprint density at radius 2 is 1.69 bits per heavy atom. The van der Waals surface area contributed by atoms with Crippen LogP contribution in [0.1, 0.15) is 127 Å². The summed E-state index contributed by atoms with van der Waals surface area (Å²) in [6.45, 7) is 20.8. The lowest BCUT2D eigenvalue weighted by Crippen LogP contribution is -2.55. The van der Waals surface area contributed by atoms with E-state index in [1.54, 1.807) is 12.5 Å². The minimum absolute atomic E-state index is 0.00790. The third-order valence-corrected chi connectivity index (χ3v) is 12.4. The lowest BCUT2D eigenvalue weighted by atomic mass is 9.43. The molecule has 2 saturated carbocycles. The molecule has 0 amide bonds. The zero-order valence-electron chi connectivity index (χ0n) is 24.7. The van der Waals surface area contributed by atoms with Gasteiger partial charge in [-0.2, -0.15) is 0 Å². The van der Waals surface area contributed by atoms with Crippen LogP contribution in [0.15, 0.2) is 16.3 Å². The van der Waals surface area contributed by atoms with Gasteiger partial charge in [-0.3, -0.25) is 4.79 Å². The first kappa shape index (κ1) is 27.7. The van der Waals surface area contributed by atoms with Gasteiger partial charge in [0, 0.05) is 12.3 Å². The minimum atomic E-state index is -0.134. The lowest BCUT2D eigenvalue weighted by Gasteiger charge is -2.62. The van der Waals surface area contributed by atoms with Crippen LogP contribution in [0.3, 0.4) is 0 Å². The van der Waals surface area contributed by atoms with Gasteiger partial charge in [0.15, 0.2) is 0 Å². The fourth-order valence-electron chi connectivity index (χ4n) is 10.1. The Labute approximate surface area is 220 Å². The molecule has 36 heavy (non-hydrogen) atoms. The Balaban J connectivity index is 1.60. The third kappa shape index (κ3) is 4.08. The van der Waals surface area contributed by atoms with E-state index >= 15 is 0 Å². The van der Waals surface area contributed by atoms with Gasteiger partial charge in [0.25, 0.3) is 0 Å². The normalized spacial score (nSPS) is 40.9. The fraction of sp³-hybridized carbons (Fsp3) is 0.875. The van der Waals surface area contributed by atoms with Crippen LogP contribution >= 0.6 is 0 Å². The molecule has 2 fully saturated rings. The summed E-state index contributed by atoms with van der Waals surface area (Å²) in [5, 5.41) is 13.1. The number of fused-ring (bicyclic) bond motifs is 4. The largest absolute Gasteiger partial charge is 0.462 e. The van der Waals surface area contributed by atoms with Gasteiger partial charge >= 0.3 is 5.97 Å². The van der Waals surface area contributed by atoms with Crippen molar-refractivity contribution in [3.8, 4) is 0 Å². The number of ether oxygens (including phenoxy) is 1. The maximum Gasteiger partial charge on any atom is 0.302 e. The molecule has 0 spiro atoms. The van der Waals surface area contributed by atoms with Gasteiger partial charge < -0.3 is 9.94 Å². The topological polar surface area (TPSA) is 58.9 Å². The van der Waals surface area contributed by atoms with E-state index in [0.717, 1.165) is 37.3 Å². The predicted molar refractivity (Wildman–Crippen MR) is 147 cm³/mol. The molecule has 0 aliphatic heterocycles. The molecule has 0 saturated heterocycles. The summed E-state index contributed by atoms with van der Waals surface area (Å²) < 4.78 is 5.87. The zero-order chi connectivity index (χ0) is 26.7. The number of hydrogen-bond acceptors (Lipinski definition) is 4. The molecule has 204 valence electrons. The molecule has 4 aliphatic carbocycles. The highest BCUT2D eigenvalue weighted by Crippen LogP contribution is 2.72. The standard InChI is InChI=1S/C32H53NO3/c1-20(2)26(33-35)12-10-21(3)23-14-18-32(9)25-11-13-27-29(5,6)28(36-22(4)34)16-17-30(27,7)24(25)15-19-31(23,32)8/h20-21,23,27-28,35H,10-19H2,1-9H3/b33-26+/t21-,23+,27+,28+,30+,31+,32-/m0/s1. The molecule has 4 aliphatic rings. The van der Waals surface area contributed by atoms with Crippen molar-refractivity contribution >= 4 is 11.7 Å². The molecular weight excluding hydrogens is 446 g/mol. The van der Waals surface area contributed by atoms with E-state index in [0.29, 0.717) is 23.2 Å². The van der Waals surface area contributed by atoms with E-state index in [1.165, 1.54) is 38.5 Å². The van der Waals surface area contributed by atoms with Gasteiger partial charge in [0.1, 0.15) is 6.10 Å². The quantitative estimate of drug-likeness (QED) is 0.131. The molecule has 4 nitrogen and oxygen atoms in total. The lowest BCUT2D eigenvalue weighted by molar-refractivity contribution is -0.167. The highest BCUT2D eigenvalue weighted by molar-refractivity contribution is 5.85. The number of allylic oxidation sites excluding steroid dienone is 2. The first-order valence-corrected chi connectivity index (χ1v) is 14.8. The van der Waals surface area contributed by atoms with Crippen molar-refractivity contribution in [2.75, 3.05) is 0 Å². The summed E-state index contributed by atoms with van der Waals surface area (Å²) >= 11 is 0. The molecule has 0 radical (unpaired) electrons. The van der Waals surface area contributed by atoms with Crippen molar-refractivity contribution in [1.82, 2.24) is 0 Å². The van der Waals surface area contributed by atoms with E-state index in [1.807, 2.05) is 5.57 Å². The zero-order valence-corrected chi connectivity index (χ0v) is 24.7. The van der Waals surface area contributed by atoms with E-state index in [-0.39, 0.29) is 28.3 Å². The molecule has 0 unspecified atom stereocenters. The Morgan fingerprint density at radius 3 is 2.31 bits per heavy atom. The van der Waals surface area contributed by atoms with Gasteiger partial charge in [-0.1, -0.05) is 71.7 Å². The minimum Gasteiger partial charge on any atom is -0.462 e. The number of carbonyl (C=O) groups excluding carboxylic acids is 1. The Kier molecular flexibility index (Phi) is 7.28. The second-order valence-corrected chi connectivity index (χ2v) is 14.6. The summed E-state index contributed by atoms with van der Waals surface area (Å²) in [6.07, 6.45) is 11.8. The van der Waals surface area contributed by atoms with Crippen LogP contribution in [-0.2, 0) is 9.53 Å². The number of nitrogens with zero attached hydrogens (tertiary/aromatic N) is 1. The molecule has 1 N–H and O–H groups in total. The molecule has 4 rings (SSSR count). The van der Waals surface area contributed by atoms with Gasteiger partial charge in [-0.25, -0.2) is 0 Å². The van der Waals surface area contributed by atoms with Crippen molar-refractivity contribution in [2.24, 2.45) is 50.5 Å². The summed E-state index contributed by atoms with van der Waals surface area (Å²) in [7, 11) is 0. The van der Waals surface area contributed by atoms with Crippen LogP contribution in [0, 0.1) is 45.3 Å². The Bertz CT molecular complexity index is 932. The van der Waals surface area contributed by atoms with Crippen LogP contribution in [0.5, 0.6) is 0 Å². The summed E-state index contributed by atoms with van der Waals surface area (Å²) in [4.78, 5) is 11.8. The van der Waals surface area contributed by atoms with Gasteiger partial charge in [-0.15, -0.1) is 0 Å². The van der Waals surface area contributed by atoms with Crippen LogP contribution in [0.4, 0.5) is 0 Å². The summed E-state index contributed by atoms with van der Waals surface area (Å²) in [5.74, 6) is 2.11. The van der Waals surface area contributed by atoms with Crippen LogP contribution in [0.2, 0.25) is 0 Å². The second-order valence-electron chi connectivity index (χ2n) is 14.6. The molecule has 0 aromatic carbocycles. The average Bonchev–Trinajstić information content (AvgIpc) is 3.07. The molecule has 7 atom stereocenters. The van der Waals surface area contributed by atoms with Crippen molar-refractivity contribution in [1.29, 1.82) is 0 Å². The monoisotopic (exact) mass is 499 g/mol. The maximum atomic E-state index is 11.8. The molecule has 0 heterocycles. The van der Waals surface area contributed by atoms with Crippen LogP contribution in [-0.4, -0.2) is 23.0 Å². The van der Waals surface area contributed by atoms with Crippen molar-refractivity contribution in [2.45, 2.75) is 133 Å². The third-order valence-electron chi connectivity index (χ3n) is 12.4. The van der Waals surface area contributed by atoms with Crippen LogP contribution < -0.4 is 0 Å². The number of carbonyl (C=O) groups is 1. The summed E-state index contributed by atoms with van der Waals surface area (Å²) in [5.41, 5.74) is 5.41. The van der Waals surface area contributed by atoms with E-state index < -0.39 is 0 Å². The number of oxime groups is 1. The number of esters is 1. The first-order valence-electron chi connectivity index (χ1n) is 14.8. The van der Waals surface area contributed by atoms with Crippen molar-refractivity contribution < 1.29 is 14.7 Å². The molecule has 4 heteroatoms. The van der Waals surface area contributed by atoms with E-state index in [2.05, 4.69) is 60.5 Å². The van der Waals surface area contributed by atoms with Gasteiger partial charge in [0.05, 0.1) is 5.71 Å². The average molecular weight is 500 g/mol. The Hall–Kier alpha value is -1.32. The highest BCUT2D eigenvalue weighted by Gasteiger charge is 2.63. The molecule has 0 aromatic rings. The molecular formula is C32H53NO3. The van der Waals surface area contributed by atoms with Gasteiger partial charge in [0.2, 0.25) is 0 Å². The molecule has 0 aromatic heterocycles. The van der Waals surface area contributed by atoms with Crippen LogP contribution in [0.25, 0.3) is 0 Å². The fourth-order valence-corrected chi connectivity index (χ4v) is 10.1. The maximum absolute atomic E-state index is 11.8. The first-order chi connectivity index (χ1) is 16.7. The number of hydrogen-bond donors (Lipinski definition) is 1. The van der Waals surface area contributed by atoms with Crippen molar-refractivity contribution in [3.63, 3.8) is 0 Å². The molecule has 0 bridgehead atoms. The van der Waals surface area contributed by atoms with Gasteiger partial charge in [-0.05, 0) is 104 Å². The smallest absolute Gasteiger partial charge is 0.302 e. The van der Waals surface area contributed by atoms with Crippen molar-refractivity contribution in [3.05, 3.63) is 11.1 Å².